The fourth-order valence-corrected chi connectivity index (χ4v) is 4.37. The van der Waals surface area contributed by atoms with E-state index in [-0.39, 0.29) is 6.61 Å². The van der Waals surface area contributed by atoms with E-state index in [4.69, 9.17) is 4.74 Å². The van der Waals surface area contributed by atoms with Crippen molar-refractivity contribution in [2.24, 2.45) is 5.10 Å². The van der Waals surface area contributed by atoms with E-state index in [2.05, 4.69) is 10.4 Å². The maximum Gasteiger partial charge on any atom is 0.339 e. The Morgan fingerprint density at radius 2 is 1.76 bits per heavy atom. The van der Waals surface area contributed by atoms with Crippen LogP contribution in [0, 0.1) is 0 Å². The summed E-state index contributed by atoms with van der Waals surface area (Å²) in [6.45, 7) is 3.54. The number of nitrogens with zero attached hydrogens (tertiary/aromatic N) is 2. The molecule has 9 heteroatoms. The number of carboxylic acid groups (broad SMARTS) is 1. The highest BCUT2D eigenvalue weighted by atomic mass is 32.2. The second-order valence-electron chi connectivity index (χ2n) is 7.48. The molecule has 0 fully saturated rings. The molecule has 1 aliphatic rings. The van der Waals surface area contributed by atoms with Gasteiger partial charge >= 0.3 is 11.9 Å². The molecule has 174 valence electrons. The number of carboxylic acids is 1. The molecule has 3 atom stereocenters. The number of benzene rings is 2. The van der Waals surface area contributed by atoms with Gasteiger partial charge in [0.05, 0.1) is 12.6 Å². The Morgan fingerprint density at radius 3 is 2.36 bits per heavy atom. The van der Waals surface area contributed by atoms with Crippen LogP contribution in [-0.4, -0.2) is 57.1 Å². The molecule has 0 radical (unpaired) electrons. The molecule has 0 spiro atoms. The minimum Gasteiger partial charge on any atom is -0.479 e. The van der Waals surface area contributed by atoms with Crippen LogP contribution < -0.4 is 5.32 Å². The van der Waals surface area contributed by atoms with Crippen LogP contribution in [0.25, 0.3) is 0 Å². The van der Waals surface area contributed by atoms with Gasteiger partial charge in [0.2, 0.25) is 5.37 Å². The number of nitrogens with one attached hydrogen (secondary N) is 1. The normalized spacial score (nSPS) is 17.2. The van der Waals surface area contributed by atoms with Crippen molar-refractivity contribution in [3.05, 3.63) is 71.8 Å². The molecule has 0 bridgehead atoms. The number of aliphatic carboxylic acids is 1. The standard InChI is InChI=1S/C24H27N3O5S/c1-3-32-24(31)19(15-14-17-10-6-4-7-11-17)25-16(2)21(28)27-22(23(29)30)33-20(26-27)18-12-8-5-9-13-18/h4-13,16,19,22,25H,3,14-15H2,1-2H3,(H,29,30)/t16-,19-,22?/m0/s1. The number of carbonyl (C=O) groups excluding carboxylic acids is 2. The van der Waals surface area contributed by atoms with Crippen molar-refractivity contribution in [3.63, 3.8) is 0 Å². The van der Waals surface area contributed by atoms with Crippen molar-refractivity contribution in [3.8, 4) is 0 Å². The lowest BCUT2D eigenvalue weighted by Crippen LogP contribution is -2.52. The van der Waals surface area contributed by atoms with Gasteiger partial charge in [-0.3, -0.25) is 14.9 Å². The molecule has 1 unspecified atom stereocenters. The number of rotatable bonds is 10. The molecule has 0 aliphatic carbocycles. The number of esters is 1. The molecule has 2 aromatic carbocycles. The van der Waals surface area contributed by atoms with Crippen LogP contribution in [0.5, 0.6) is 0 Å². The summed E-state index contributed by atoms with van der Waals surface area (Å²) in [5.74, 6) is -2.15. The van der Waals surface area contributed by atoms with Gasteiger partial charge in [-0.15, -0.1) is 0 Å². The van der Waals surface area contributed by atoms with Crippen LogP contribution in [0.3, 0.4) is 0 Å². The van der Waals surface area contributed by atoms with Crippen molar-refractivity contribution in [2.75, 3.05) is 6.61 Å². The fourth-order valence-electron chi connectivity index (χ4n) is 3.40. The summed E-state index contributed by atoms with van der Waals surface area (Å²) in [4.78, 5) is 37.5. The lowest BCUT2D eigenvalue weighted by Gasteiger charge is -2.25. The van der Waals surface area contributed by atoms with Crippen LogP contribution in [0.4, 0.5) is 0 Å². The molecular weight excluding hydrogens is 442 g/mol. The first-order valence-corrected chi connectivity index (χ1v) is 11.6. The van der Waals surface area contributed by atoms with Gasteiger partial charge in [0, 0.05) is 5.56 Å². The van der Waals surface area contributed by atoms with E-state index < -0.39 is 35.3 Å². The highest BCUT2D eigenvalue weighted by Gasteiger charge is 2.40. The van der Waals surface area contributed by atoms with Gasteiger partial charge in [-0.2, -0.15) is 5.10 Å². The number of aryl methyl sites for hydroxylation is 1. The van der Waals surface area contributed by atoms with E-state index >= 15 is 0 Å². The molecule has 0 saturated heterocycles. The molecule has 8 nitrogen and oxygen atoms in total. The average molecular weight is 470 g/mol. The molecule has 2 N–H and O–H groups in total. The maximum atomic E-state index is 13.2. The van der Waals surface area contributed by atoms with Gasteiger partial charge in [-0.25, -0.2) is 9.80 Å². The van der Waals surface area contributed by atoms with Crippen molar-refractivity contribution < 1.29 is 24.2 Å². The molecular formula is C24H27N3O5S. The number of hydrogen-bond donors (Lipinski definition) is 2. The summed E-state index contributed by atoms with van der Waals surface area (Å²) in [6, 6.07) is 17.2. The molecule has 0 aromatic heterocycles. The maximum absolute atomic E-state index is 13.2. The smallest absolute Gasteiger partial charge is 0.339 e. The SMILES string of the molecule is CCOC(=O)[C@H](CCc1ccccc1)N[C@@H](C)C(=O)N1N=C(c2ccccc2)SC1C(=O)O. The van der Waals surface area contributed by atoms with E-state index in [0.29, 0.717) is 17.9 Å². The molecule has 1 heterocycles. The first kappa shape index (κ1) is 24.5. The lowest BCUT2D eigenvalue weighted by atomic mass is 10.0. The van der Waals surface area contributed by atoms with Crippen molar-refractivity contribution in [1.29, 1.82) is 0 Å². The number of ether oxygens (including phenoxy) is 1. The van der Waals surface area contributed by atoms with Crippen molar-refractivity contribution >= 4 is 34.7 Å². The van der Waals surface area contributed by atoms with Gasteiger partial charge in [-0.05, 0) is 32.3 Å². The Bertz CT molecular complexity index is 1000. The van der Waals surface area contributed by atoms with Gasteiger partial charge in [0.15, 0.2) is 0 Å². The third-order valence-corrected chi connectivity index (χ3v) is 6.22. The van der Waals surface area contributed by atoms with E-state index in [1.54, 1.807) is 26.0 Å². The first-order chi connectivity index (χ1) is 15.9. The van der Waals surface area contributed by atoms with Crippen LogP contribution in [0.1, 0.15) is 31.4 Å². The quantitative estimate of drug-likeness (QED) is 0.515. The zero-order valence-corrected chi connectivity index (χ0v) is 19.3. The summed E-state index contributed by atoms with van der Waals surface area (Å²) < 4.78 is 5.18. The molecule has 3 rings (SSSR count). The highest BCUT2D eigenvalue weighted by Crippen LogP contribution is 2.30. The third-order valence-electron chi connectivity index (χ3n) is 5.06. The van der Waals surface area contributed by atoms with Gasteiger partial charge < -0.3 is 9.84 Å². The van der Waals surface area contributed by atoms with Crippen LogP contribution >= 0.6 is 11.8 Å². The van der Waals surface area contributed by atoms with Gasteiger partial charge in [0.25, 0.3) is 5.91 Å². The Labute approximate surface area is 197 Å². The Balaban J connectivity index is 1.73. The van der Waals surface area contributed by atoms with Crippen LogP contribution in [0.2, 0.25) is 0 Å². The monoisotopic (exact) mass is 469 g/mol. The van der Waals surface area contributed by atoms with E-state index in [1.165, 1.54) is 0 Å². The second kappa shape index (κ2) is 11.6. The van der Waals surface area contributed by atoms with E-state index in [9.17, 15) is 19.5 Å². The second-order valence-corrected chi connectivity index (χ2v) is 8.55. The summed E-state index contributed by atoms with van der Waals surface area (Å²) in [7, 11) is 0. The zero-order valence-electron chi connectivity index (χ0n) is 18.5. The molecule has 1 amide bonds. The zero-order chi connectivity index (χ0) is 23.8. The Morgan fingerprint density at radius 1 is 1.12 bits per heavy atom. The Hall–Kier alpha value is -3.17. The minimum atomic E-state index is -1.18. The summed E-state index contributed by atoms with van der Waals surface area (Å²) in [6.07, 6.45) is 1.04. The molecule has 1 aliphatic heterocycles. The van der Waals surface area contributed by atoms with E-state index in [1.807, 2.05) is 48.5 Å². The molecule has 0 saturated carbocycles. The largest absolute Gasteiger partial charge is 0.479 e. The van der Waals surface area contributed by atoms with E-state index in [0.717, 1.165) is 27.9 Å². The van der Waals surface area contributed by atoms with Gasteiger partial charge in [-0.1, -0.05) is 72.4 Å². The Kier molecular flexibility index (Phi) is 8.62. The summed E-state index contributed by atoms with van der Waals surface area (Å²) >= 11 is 1.00. The number of thioether (sulfide) groups is 1. The number of hydrazone groups is 1. The predicted octanol–water partition coefficient (Wildman–Crippen LogP) is 2.88. The topological polar surface area (TPSA) is 108 Å². The number of amides is 1. The van der Waals surface area contributed by atoms with Crippen LogP contribution in [0.15, 0.2) is 65.8 Å². The van der Waals surface area contributed by atoms with Crippen molar-refractivity contribution in [2.45, 2.75) is 44.1 Å². The van der Waals surface area contributed by atoms with Crippen LogP contribution in [-0.2, 0) is 25.5 Å². The number of hydrogen-bond acceptors (Lipinski definition) is 7. The predicted molar refractivity (Wildman–Crippen MR) is 127 cm³/mol. The first-order valence-electron chi connectivity index (χ1n) is 10.7. The summed E-state index contributed by atoms with van der Waals surface area (Å²) in [5, 5.41) is 17.2. The van der Waals surface area contributed by atoms with Crippen molar-refractivity contribution in [1.82, 2.24) is 10.3 Å². The molecule has 33 heavy (non-hydrogen) atoms. The summed E-state index contributed by atoms with van der Waals surface area (Å²) in [5.41, 5.74) is 1.79. The third kappa shape index (κ3) is 6.43. The lowest BCUT2D eigenvalue weighted by molar-refractivity contribution is -0.149. The minimum absolute atomic E-state index is 0.221. The average Bonchev–Trinajstić information content (AvgIpc) is 3.28. The number of carbonyl (C=O) groups is 3. The molecule has 2 aromatic rings. The van der Waals surface area contributed by atoms with Gasteiger partial charge in [0.1, 0.15) is 11.1 Å². The highest BCUT2D eigenvalue weighted by molar-refractivity contribution is 8.15. The fraction of sp³-hybridized carbons (Fsp3) is 0.333.